The van der Waals surface area contributed by atoms with Crippen molar-refractivity contribution >= 4 is 12.2 Å². The highest BCUT2D eigenvalue weighted by molar-refractivity contribution is 5.39. The van der Waals surface area contributed by atoms with Gasteiger partial charge in [0.15, 0.2) is 5.66 Å². The molecule has 0 saturated carbocycles. The first-order valence-corrected chi connectivity index (χ1v) is 8.42. The zero-order valence-corrected chi connectivity index (χ0v) is 13.7. The van der Waals surface area contributed by atoms with E-state index in [4.69, 9.17) is 0 Å². The summed E-state index contributed by atoms with van der Waals surface area (Å²) in [6.45, 7) is 4.29. The van der Waals surface area contributed by atoms with Crippen molar-refractivity contribution in [3.05, 3.63) is 0 Å². The Morgan fingerprint density at radius 2 is 1.10 bits per heavy atom. The quantitative estimate of drug-likeness (QED) is 0.255. The molecule has 0 heterocycles. The zero-order valence-electron chi connectivity index (χ0n) is 13.7. The number of hydrogen-bond donors (Lipinski definition) is 0. The lowest BCUT2D eigenvalue weighted by Gasteiger charge is -2.21. The van der Waals surface area contributed by atoms with Crippen molar-refractivity contribution in [1.82, 2.24) is 0 Å². The molecule has 0 radical (unpaired) electrons. The van der Waals surface area contributed by atoms with Gasteiger partial charge in [0, 0.05) is 0 Å². The second-order valence-corrected chi connectivity index (χ2v) is 5.72. The van der Waals surface area contributed by atoms with Gasteiger partial charge < -0.3 is 0 Å². The molecule has 4 heteroatoms. The van der Waals surface area contributed by atoms with Gasteiger partial charge in [-0.15, -0.1) is 0 Å². The van der Waals surface area contributed by atoms with Crippen LogP contribution < -0.4 is 0 Å². The van der Waals surface area contributed by atoms with Crippen molar-refractivity contribution < 1.29 is 9.59 Å². The number of carbonyl (C=O) groups excluding carboxylic acids is 2. The number of rotatable bonds is 14. The van der Waals surface area contributed by atoms with Crippen molar-refractivity contribution in [2.75, 3.05) is 0 Å². The second-order valence-electron chi connectivity index (χ2n) is 5.72. The van der Waals surface area contributed by atoms with Gasteiger partial charge in [-0.3, -0.25) is 0 Å². The SMILES string of the molecule is CCCCCCCCCCC(CCCC)(N=C=O)N=C=O. The topological polar surface area (TPSA) is 58.9 Å². The zero-order chi connectivity index (χ0) is 15.8. The Hall–Kier alpha value is -1.24. The van der Waals surface area contributed by atoms with E-state index in [2.05, 4.69) is 23.8 Å². The third-order valence-corrected chi connectivity index (χ3v) is 3.87. The first-order chi connectivity index (χ1) is 10.2. The maximum atomic E-state index is 10.6. The molecular weight excluding hydrogens is 264 g/mol. The molecule has 0 atom stereocenters. The Kier molecular flexibility index (Phi) is 12.9. The predicted octanol–water partition coefficient (Wildman–Crippen LogP) is 5.08. The maximum absolute atomic E-state index is 10.6. The minimum atomic E-state index is -0.901. The molecule has 0 aliphatic carbocycles. The molecule has 0 aliphatic heterocycles. The number of hydrogen-bond acceptors (Lipinski definition) is 4. The number of unbranched alkanes of at least 4 members (excludes halogenated alkanes) is 8. The molecule has 120 valence electrons. The third-order valence-electron chi connectivity index (χ3n) is 3.87. The van der Waals surface area contributed by atoms with Gasteiger partial charge in [0.05, 0.1) is 0 Å². The second kappa shape index (κ2) is 13.7. The van der Waals surface area contributed by atoms with Crippen LogP contribution in [0, 0.1) is 0 Å². The van der Waals surface area contributed by atoms with Crippen LogP contribution in [0.3, 0.4) is 0 Å². The molecular formula is C17H30N2O2. The van der Waals surface area contributed by atoms with Crippen molar-refractivity contribution in [3.8, 4) is 0 Å². The highest BCUT2D eigenvalue weighted by Crippen LogP contribution is 2.27. The van der Waals surface area contributed by atoms with Crippen LogP contribution >= 0.6 is 0 Å². The summed E-state index contributed by atoms with van der Waals surface area (Å²) >= 11 is 0. The molecule has 0 aliphatic rings. The molecule has 0 N–H and O–H groups in total. The number of nitrogens with zero attached hydrogens (tertiary/aromatic N) is 2. The van der Waals surface area contributed by atoms with E-state index in [1.54, 1.807) is 12.2 Å². The van der Waals surface area contributed by atoms with E-state index in [-0.39, 0.29) is 0 Å². The van der Waals surface area contributed by atoms with Gasteiger partial charge in [0.25, 0.3) is 0 Å². The largest absolute Gasteiger partial charge is 0.237 e. The van der Waals surface area contributed by atoms with Crippen LogP contribution in [0.5, 0.6) is 0 Å². The van der Waals surface area contributed by atoms with Crippen LogP contribution in [0.1, 0.15) is 90.9 Å². The normalized spacial score (nSPS) is 13.0. The van der Waals surface area contributed by atoms with Crippen LogP contribution in [-0.4, -0.2) is 17.8 Å². The van der Waals surface area contributed by atoms with Crippen LogP contribution in [0.4, 0.5) is 0 Å². The minimum Gasteiger partial charge on any atom is -0.211 e. The summed E-state index contributed by atoms with van der Waals surface area (Å²) in [6, 6.07) is 0. The monoisotopic (exact) mass is 294 g/mol. The third kappa shape index (κ3) is 10.2. The summed E-state index contributed by atoms with van der Waals surface area (Å²) in [6.07, 6.45) is 16.0. The molecule has 21 heavy (non-hydrogen) atoms. The van der Waals surface area contributed by atoms with Crippen LogP contribution in [0.2, 0.25) is 0 Å². The molecule has 0 saturated heterocycles. The van der Waals surface area contributed by atoms with E-state index in [0.717, 1.165) is 25.7 Å². The Morgan fingerprint density at radius 1 is 0.667 bits per heavy atom. The average molecular weight is 294 g/mol. The van der Waals surface area contributed by atoms with Gasteiger partial charge in [-0.1, -0.05) is 65.2 Å². The Balaban J connectivity index is 4.11. The molecule has 4 nitrogen and oxygen atoms in total. The van der Waals surface area contributed by atoms with Crippen LogP contribution in [-0.2, 0) is 9.59 Å². The van der Waals surface area contributed by atoms with Gasteiger partial charge in [-0.2, -0.15) is 9.98 Å². The van der Waals surface area contributed by atoms with E-state index < -0.39 is 5.66 Å². The van der Waals surface area contributed by atoms with Gasteiger partial charge in [-0.05, 0) is 25.7 Å². The predicted molar refractivity (Wildman–Crippen MR) is 85.7 cm³/mol. The summed E-state index contributed by atoms with van der Waals surface area (Å²) in [5.74, 6) is 0. The van der Waals surface area contributed by atoms with E-state index in [9.17, 15) is 9.59 Å². The highest BCUT2D eigenvalue weighted by Gasteiger charge is 2.27. The highest BCUT2D eigenvalue weighted by atomic mass is 16.1. The molecule has 0 aromatic carbocycles. The van der Waals surface area contributed by atoms with E-state index in [0.29, 0.717) is 12.8 Å². The Bertz CT molecular complexity index is 325. The van der Waals surface area contributed by atoms with Crippen LogP contribution in [0.15, 0.2) is 9.98 Å². The van der Waals surface area contributed by atoms with E-state index in [1.165, 1.54) is 38.5 Å². The Morgan fingerprint density at radius 3 is 1.57 bits per heavy atom. The summed E-state index contributed by atoms with van der Waals surface area (Å²) in [7, 11) is 0. The lowest BCUT2D eigenvalue weighted by Crippen LogP contribution is -2.23. The first kappa shape index (κ1) is 19.8. The smallest absolute Gasteiger partial charge is 0.211 e. The standard InChI is InChI=1S/C17H30N2O2/c1-3-5-7-8-9-10-11-12-14-17(18-15-20,19-16-21)13-6-4-2/h3-14H2,1-2H3. The first-order valence-electron chi connectivity index (χ1n) is 8.42. The summed E-state index contributed by atoms with van der Waals surface area (Å²) in [4.78, 5) is 28.8. The van der Waals surface area contributed by atoms with Gasteiger partial charge in [0.2, 0.25) is 12.2 Å². The molecule has 0 aromatic rings. The molecule has 0 rings (SSSR count). The van der Waals surface area contributed by atoms with E-state index >= 15 is 0 Å². The fourth-order valence-electron chi connectivity index (χ4n) is 2.55. The molecule has 0 aromatic heterocycles. The van der Waals surface area contributed by atoms with Crippen LogP contribution in [0.25, 0.3) is 0 Å². The molecule has 0 amide bonds. The van der Waals surface area contributed by atoms with Crippen molar-refractivity contribution in [2.24, 2.45) is 9.98 Å². The minimum absolute atomic E-state index is 0.629. The van der Waals surface area contributed by atoms with Crippen molar-refractivity contribution in [2.45, 2.75) is 96.6 Å². The molecule has 0 spiro atoms. The van der Waals surface area contributed by atoms with Crippen molar-refractivity contribution in [1.29, 1.82) is 0 Å². The van der Waals surface area contributed by atoms with Gasteiger partial charge in [0.1, 0.15) is 0 Å². The van der Waals surface area contributed by atoms with Gasteiger partial charge in [-0.25, -0.2) is 9.59 Å². The number of isocyanates is 2. The lowest BCUT2D eigenvalue weighted by molar-refractivity contribution is 0.352. The average Bonchev–Trinajstić information content (AvgIpc) is 2.48. The lowest BCUT2D eigenvalue weighted by atomic mass is 9.96. The summed E-state index contributed by atoms with van der Waals surface area (Å²) < 4.78 is 0. The molecule has 0 bridgehead atoms. The van der Waals surface area contributed by atoms with E-state index in [1.807, 2.05) is 0 Å². The fraction of sp³-hybridized carbons (Fsp3) is 0.882. The van der Waals surface area contributed by atoms with Gasteiger partial charge >= 0.3 is 0 Å². The summed E-state index contributed by atoms with van der Waals surface area (Å²) in [5.41, 5.74) is -0.901. The Labute approximate surface area is 129 Å². The fourth-order valence-corrected chi connectivity index (χ4v) is 2.55. The molecule has 0 unspecified atom stereocenters. The summed E-state index contributed by atoms with van der Waals surface area (Å²) in [5, 5.41) is 0. The van der Waals surface area contributed by atoms with Crippen molar-refractivity contribution in [3.63, 3.8) is 0 Å². The molecule has 0 fully saturated rings. The number of aliphatic imine (C=N–C) groups is 2. The maximum Gasteiger partial charge on any atom is 0.237 e.